The maximum atomic E-state index is 2.74. The number of hydrogen-bond donors (Lipinski definition) is 0. The van der Waals surface area contributed by atoms with Gasteiger partial charge in [-0.1, -0.05) is 221 Å². The Hall–Kier alpha value is -7.22. The van der Waals surface area contributed by atoms with E-state index in [1.54, 1.807) is 5.57 Å². The Balaban J connectivity index is 1.12. The molecule has 324 valence electrons. The van der Waals surface area contributed by atoms with Crippen LogP contribution >= 0.6 is 0 Å². The summed E-state index contributed by atoms with van der Waals surface area (Å²) in [7, 11) is 0. The number of fused-ring (bicyclic) bond motifs is 9. The molecule has 0 aromatic heterocycles. The van der Waals surface area contributed by atoms with Crippen LogP contribution in [0.3, 0.4) is 0 Å². The molecule has 1 nitrogen and oxygen atoms in total. The standard InChI is InChI=1S/C66H55N/c1-43-41-56(50-30-22-35-55-59(50)49-29-16-17-31-51(49)66(55,46-25-12-8-13-26-46)47-27-14-9-15-28-47)64(5)54-34-20-21-36-57(54)67(48-39-37-45(38-40-48)44-23-10-7-11-24-44)63(4)42-58-62(2,3)52-32-18-19-33-53(52)65(58,6)60(43)61(63)64/h7-43H,1-6H3. The highest BCUT2D eigenvalue weighted by atomic mass is 15.2. The Morgan fingerprint density at radius 3 is 1.63 bits per heavy atom. The molecular formula is C66H55N. The minimum Gasteiger partial charge on any atom is -0.328 e. The number of anilines is 2. The zero-order valence-electron chi connectivity index (χ0n) is 39.3. The van der Waals surface area contributed by atoms with Crippen LogP contribution in [-0.2, 0) is 21.7 Å². The molecule has 8 aromatic rings. The molecule has 13 rings (SSSR count). The third kappa shape index (κ3) is 4.99. The van der Waals surface area contributed by atoms with Crippen LogP contribution in [0.4, 0.5) is 11.4 Å². The first-order valence-corrected chi connectivity index (χ1v) is 24.3. The number of nitrogens with zero attached hydrogens (tertiary/aromatic N) is 1. The van der Waals surface area contributed by atoms with E-state index in [4.69, 9.17) is 0 Å². The lowest BCUT2D eigenvalue weighted by atomic mass is 9.48. The second kappa shape index (κ2) is 13.9. The lowest BCUT2D eigenvalue weighted by molar-refractivity contribution is 0.422. The van der Waals surface area contributed by atoms with Gasteiger partial charge in [-0.2, -0.15) is 0 Å². The van der Waals surface area contributed by atoms with Crippen molar-refractivity contribution in [1.29, 1.82) is 0 Å². The molecule has 0 saturated heterocycles. The molecule has 0 saturated carbocycles. The van der Waals surface area contributed by atoms with E-state index in [1.165, 1.54) is 94.9 Å². The van der Waals surface area contributed by atoms with Crippen LogP contribution in [0.1, 0.15) is 86.1 Å². The van der Waals surface area contributed by atoms with Gasteiger partial charge in [-0.25, -0.2) is 0 Å². The summed E-state index contributed by atoms with van der Waals surface area (Å²) in [6, 6.07) is 77.8. The van der Waals surface area contributed by atoms with Crippen molar-refractivity contribution in [3.63, 3.8) is 0 Å². The molecular weight excluding hydrogens is 807 g/mol. The summed E-state index contributed by atoms with van der Waals surface area (Å²) in [5, 5.41) is 0. The van der Waals surface area contributed by atoms with Gasteiger partial charge < -0.3 is 4.90 Å². The molecule has 8 aromatic carbocycles. The lowest BCUT2D eigenvalue weighted by Gasteiger charge is -2.62. The van der Waals surface area contributed by atoms with Crippen LogP contribution in [0.15, 0.2) is 235 Å². The molecule has 0 spiro atoms. The van der Waals surface area contributed by atoms with Crippen LogP contribution in [0.2, 0.25) is 0 Å². The Bertz CT molecular complexity index is 3380. The Kier molecular flexibility index (Phi) is 8.32. The smallest absolute Gasteiger partial charge is 0.0836 e. The lowest BCUT2D eigenvalue weighted by Crippen LogP contribution is -2.59. The van der Waals surface area contributed by atoms with Crippen molar-refractivity contribution in [1.82, 2.24) is 0 Å². The first kappa shape index (κ1) is 40.1. The van der Waals surface area contributed by atoms with E-state index >= 15 is 0 Å². The average Bonchev–Trinajstić information content (AvgIpc) is 3.76. The molecule has 0 radical (unpaired) electrons. The number of hydrogen-bond acceptors (Lipinski definition) is 1. The van der Waals surface area contributed by atoms with E-state index in [-0.39, 0.29) is 16.7 Å². The van der Waals surface area contributed by atoms with Crippen molar-refractivity contribution >= 4 is 16.9 Å². The van der Waals surface area contributed by atoms with Gasteiger partial charge in [0, 0.05) is 27.6 Å². The number of allylic oxidation sites excluding steroid dienone is 4. The molecule has 0 N–H and O–H groups in total. The van der Waals surface area contributed by atoms with E-state index in [0.717, 1.165) is 0 Å². The van der Waals surface area contributed by atoms with Gasteiger partial charge in [0.15, 0.2) is 0 Å². The highest BCUT2D eigenvalue weighted by Crippen LogP contribution is 2.71. The molecule has 1 aliphatic heterocycles. The summed E-state index contributed by atoms with van der Waals surface area (Å²) in [6.07, 6.45) is 5.44. The molecule has 0 fully saturated rings. The largest absolute Gasteiger partial charge is 0.328 e. The number of rotatable bonds is 5. The fourth-order valence-electron chi connectivity index (χ4n) is 14.7. The second-order valence-corrected chi connectivity index (χ2v) is 20.8. The van der Waals surface area contributed by atoms with Gasteiger partial charge in [-0.05, 0) is 134 Å². The van der Waals surface area contributed by atoms with Crippen molar-refractivity contribution in [3.05, 3.63) is 280 Å². The van der Waals surface area contributed by atoms with E-state index in [0.29, 0.717) is 0 Å². The maximum absolute atomic E-state index is 2.74. The number of benzene rings is 8. The van der Waals surface area contributed by atoms with Gasteiger partial charge >= 0.3 is 0 Å². The van der Waals surface area contributed by atoms with Gasteiger partial charge in [-0.3, -0.25) is 0 Å². The summed E-state index contributed by atoms with van der Waals surface area (Å²) in [5.41, 5.74) is 22.4. The maximum Gasteiger partial charge on any atom is 0.0836 e. The first-order valence-electron chi connectivity index (χ1n) is 24.3. The molecule has 5 aliphatic rings. The molecule has 67 heavy (non-hydrogen) atoms. The van der Waals surface area contributed by atoms with Crippen LogP contribution in [0.25, 0.3) is 27.8 Å². The fraction of sp³-hybridized carbons (Fsp3) is 0.182. The average molecular weight is 862 g/mol. The van der Waals surface area contributed by atoms with Crippen LogP contribution in [0.5, 0.6) is 0 Å². The third-order valence-corrected chi connectivity index (χ3v) is 17.2. The second-order valence-electron chi connectivity index (χ2n) is 20.8. The van der Waals surface area contributed by atoms with Crippen LogP contribution in [0, 0.1) is 5.92 Å². The van der Waals surface area contributed by atoms with Gasteiger partial charge in [0.05, 0.1) is 11.0 Å². The van der Waals surface area contributed by atoms with Crippen molar-refractivity contribution in [2.75, 3.05) is 4.90 Å². The summed E-state index contributed by atoms with van der Waals surface area (Å²) in [4.78, 5) is 2.70. The van der Waals surface area contributed by atoms with Gasteiger partial charge in [-0.15, -0.1) is 0 Å². The van der Waals surface area contributed by atoms with Crippen molar-refractivity contribution in [2.24, 2.45) is 5.92 Å². The normalized spacial score (nSPS) is 24.3. The highest BCUT2D eigenvalue weighted by Gasteiger charge is 2.64. The SMILES string of the molecule is CC1C=C(c2cccc3c2-c2ccccc2C3(c2ccccc2)c2ccccc2)C2(C)C3=C1C1(C)C(=CC3(C)N(c3ccc(-c4ccccc4)cc3)c3ccccc32)C(C)(C)c2ccccc21. The van der Waals surface area contributed by atoms with Crippen molar-refractivity contribution in [3.8, 4) is 22.3 Å². The van der Waals surface area contributed by atoms with Gasteiger partial charge in [0.2, 0.25) is 0 Å². The molecule has 1 heterocycles. The topological polar surface area (TPSA) is 3.24 Å². The predicted octanol–water partition coefficient (Wildman–Crippen LogP) is 16.1. The fourth-order valence-corrected chi connectivity index (χ4v) is 14.7. The summed E-state index contributed by atoms with van der Waals surface area (Å²) >= 11 is 0. The first-order chi connectivity index (χ1) is 32.5. The molecule has 0 amide bonds. The Morgan fingerprint density at radius 2 is 0.955 bits per heavy atom. The zero-order valence-corrected chi connectivity index (χ0v) is 39.3. The van der Waals surface area contributed by atoms with Crippen LogP contribution < -0.4 is 4.90 Å². The quantitative estimate of drug-likeness (QED) is 0.156. The van der Waals surface area contributed by atoms with Crippen molar-refractivity contribution in [2.45, 2.75) is 68.7 Å². The van der Waals surface area contributed by atoms with Crippen molar-refractivity contribution < 1.29 is 0 Å². The summed E-state index contributed by atoms with van der Waals surface area (Å²) < 4.78 is 0. The highest BCUT2D eigenvalue weighted by molar-refractivity contribution is 6.00. The minimum atomic E-state index is -0.525. The minimum absolute atomic E-state index is 0.140. The van der Waals surface area contributed by atoms with Gasteiger partial charge in [0.1, 0.15) is 0 Å². The van der Waals surface area contributed by atoms with E-state index in [9.17, 15) is 0 Å². The summed E-state index contributed by atoms with van der Waals surface area (Å²) in [6.45, 7) is 15.1. The predicted molar refractivity (Wildman–Crippen MR) is 279 cm³/mol. The molecule has 4 aliphatic carbocycles. The molecule has 4 unspecified atom stereocenters. The monoisotopic (exact) mass is 861 g/mol. The van der Waals surface area contributed by atoms with Gasteiger partial charge in [0.25, 0.3) is 0 Å². The Labute approximate surface area is 396 Å². The van der Waals surface area contributed by atoms with E-state index in [2.05, 4.69) is 265 Å². The molecule has 1 heteroatoms. The molecule has 0 bridgehead atoms. The number of para-hydroxylation sites is 1. The van der Waals surface area contributed by atoms with E-state index < -0.39 is 16.4 Å². The molecule has 4 atom stereocenters. The van der Waals surface area contributed by atoms with E-state index in [1.807, 2.05) is 0 Å². The third-order valence-electron chi connectivity index (χ3n) is 17.2. The zero-order chi connectivity index (χ0) is 45.5. The summed E-state index contributed by atoms with van der Waals surface area (Å²) in [5.74, 6) is 0.140. The van der Waals surface area contributed by atoms with Crippen LogP contribution in [-0.4, -0.2) is 5.54 Å². The Morgan fingerprint density at radius 1 is 0.433 bits per heavy atom.